The van der Waals surface area contributed by atoms with Gasteiger partial charge in [0.2, 0.25) is 0 Å². The lowest BCUT2D eigenvalue weighted by atomic mass is 10.1. The smallest absolute Gasteiger partial charge is 0.0625 e. The predicted octanol–water partition coefficient (Wildman–Crippen LogP) is 0.354. The van der Waals surface area contributed by atoms with Crippen molar-refractivity contribution in [3.8, 4) is 0 Å². The topological polar surface area (TPSA) is 63.0 Å². The predicted molar refractivity (Wildman–Crippen MR) is 52.9 cm³/mol. The van der Waals surface area contributed by atoms with Gasteiger partial charge in [-0.25, -0.2) is 0 Å². The fraction of sp³-hybridized carbons (Fsp3) is 0.222. The maximum absolute atomic E-state index is 5.95. The van der Waals surface area contributed by atoms with Crippen LogP contribution in [0.5, 0.6) is 0 Å². The first kappa shape index (κ1) is 7.91. The number of hydrogen-bond donors (Lipinski definition) is 3. The maximum Gasteiger partial charge on any atom is 0.0625 e. The lowest BCUT2D eigenvalue weighted by Gasteiger charge is -2.21. The Kier molecular flexibility index (Phi) is 1.81. The molecular formula is C9H12N4. The summed E-state index contributed by atoms with van der Waals surface area (Å²) in [5.74, 6) is 0. The molecule has 1 aromatic rings. The van der Waals surface area contributed by atoms with E-state index >= 15 is 0 Å². The van der Waals surface area contributed by atoms with E-state index in [2.05, 4.69) is 15.6 Å². The van der Waals surface area contributed by atoms with Crippen LogP contribution in [-0.2, 0) is 0 Å². The number of aromatic nitrogens is 1. The summed E-state index contributed by atoms with van der Waals surface area (Å²) in [7, 11) is 1.87. The molecule has 2 heterocycles. The fourth-order valence-electron chi connectivity index (χ4n) is 1.43. The first-order chi connectivity index (χ1) is 6.33. The first-order valence-electron chi connectivity index (χ1n) is 4.17. The van der Waals surface area contributed by atoms with Gasteiger partial charge in [-0.15, -0.1) is 0 Å². The van der Waals surface area contributed by atoms with Gasteiger partial charge in [0, 0.05) is 18.8 Å². The standard InChI is InChI=1S/C9H12N4/c1-11-8-5-13-7-4-12-3-2-6(7)9(8)10/h2-4,11,13H,5,10H2,1H3. The van der Waals surface area contributed by atoms with Crippen LogP contribution < -0.4 is 16.4 Å². The highest BCUT2D eigenvalue weighted by atomic mass is 15.0. The molecule has 0 bridgehead atoms. The Morgan fingerprint density at radius 2 is 2.46 bits per heavy atom. The summed E-state index contributed by atoms with van der Waals surface area (Å²) in [6.45, 7) is 0.737. The Hall–Kier alpha value is -1.71. The van der Waals surface area contributed by atoms with Crippen molar-refractivity contribution in [3.63, 3.8) is 0 Å². The van der Waals surface area contributed by atoms with E-state index in [1.807, 2.05) is 13.1 Å². The van der Waals surface area contributed by atoms with Gasteiger partial charge in [0.1, 0.15) is 0 Å². The zero-order chi connectivity index (χ0) is 9.26. The number of nitrogens with two attached hydrogens (primary N) is 1. The number of likely N-dealkylation sites (N-methyl/N-ethyl adjacent to an activating group) is 1. The summed E-state index contributed by atoms with van der Waals surface area (Å²) >= 11 is 0. The van der Waals surface area contributed by atoms with Crippen LogP contribution in [0, 0.1) is 0 Å². The second kappa shape index (κ2) is 2.97. The van der Waals surface area contributed by atoms with E-state index in [0.29, 0.717) is 0 Å². The molecule has 68 valence electrons. The van der Waals surface area contributed by atoms with Crippen LogP contribution in [0.25, 0.3) is 5.70 Å². The van der Waals surface area contributed by atoms with Crippen molar-refractivity contribution in [1.29, 1.82) is 0 Å². The summed E-state index contributed by atoms with van der Waals surface area (Å²) in [6.07, 6.45) is 3.53. The number of anilines is 1. The molecule has 2 rings (SSSR count). The average molecular weight is 176 g/mol. The minimum absolute atomic E-state index is 0.737. The Bertz CT molecular complexity index is 356. The summed E-state index contributed by atoms with van der Waals surface area (Å²) in [5, 5.41) is 6.30. The normalized spacial score (nSPS) is 14.8. The molecular weight excluding hydrogens is 164 g/mol. The third kappa shape index (κ3) is 1.20. The monoisotopic (exact) mass is 176 g/mol. The molecule has 1 aliphatic rings. The van der Waals surface area contributed by atoms with Crippen LogP contribution in [0.2, 0.25) is 0 Å². The highest BCUT2D eigenvalue weighted by Gasteiger charge is 2.14. The van der Waals surface area contributed by atoms with Gasteiger partial charge in [0.25, 0.3) is 0 Å². The summed E-state index contributed by atoms with van der Waals surface area (Å²) in [4.78, 5) is 4.02. The van der Waals surface area contributed by atoms with Gasteiger partial charge >= 0.3 is 0 Å². The van der Waals surface area contributed by atoms with Crippen LogP contribution in [-0.4, -0.2) is 18.6 Å². The maximum atomic E-state index is 5.95. The summed E-state index contributed by atoms with van der Waals surface area (Å²) in [6, 6.07) is 1.91. The minimum Gasteiger partial charge on any atom is -0.397 e. The zero-order valence-corrected chi connectivity index (χ0v) is 7.46. The molecule has 4 heteroatoms. The molecule has 0 saturated heterocycles. The molecule has 1 aromatic heterocycles. The van der Waals surface area contributed by atoms with Gasteiger partial charge in [-0.3, -0.25) is 4.98 Å². The van der Waals surface area contributed by atoms with Crippen molar-refractivity contribution < 1.29 is 0 Å². The Labute approximate surface area is 76.9 Å². The molecule has 13 heavy (non-hydrogen) atoms. The molecule has 0 unspecified atom stereocenters. The third-order valence-corrected chi connectivity index (χ3v) is 2.19. The molecule has 0 aromatic carbocycles. The van der Waals surface area contributed by atoms with Gasteiger partial charge in [-0.1, -0.05) is 0 Å². The second-order valence-electron chi connectivity index (χ2n) is 2.92. The van der Waals surface area contributed by atoms with Crippen LogP contribution in [0.15, 0.2) is 24.2 Å². The van der Waals surface area contributed by atoms with Gasteiger partial charge in [-0.2, -0.15) is 0 Å². The van der Waals surface area contributed by atoms with E-state index in [1.165, 1.54) is 0 Å². The zero-order valence-electron chi connectivity index (χ0n) is 7.46. The molecule has 4 N–H and O–H groups in total. The Balaban J connectivity index is 2.52. The molecule has 0 saturated carbocycles. The minimum atomic E-state index is 0.737. The first-order valence-corrected chi connectivity index (χ1v) is 4.17. The molecule has 0 fully saturated rings. The fourth-order valence-corrected chi connectivity index (χ4v) is 1.43. The van der Waals surface area contributed by atoms with E-state index in [1.54, 1.807) is 12.4 Å². The van der Waals surface area contributed by atoms with Crippen LogP contribution in [0.4, 0.5) is 5.69 Å². The van der Waals surface area contributed by atoms with Crippen molar-refractivity contribution in [2.45, 2.75) is 0 Å². The van der Waals surface area contributed by atoms with Crippen LogP contribution >= 0.6 is 0 Å². The van der Waals surface area contributed by atoms with Crippen molar-refractivity contribution in [3.05, 3.63) is 29.7 Å². The van der Waals surface area contributed by atoms with Crippen molar-refractivity contribution >= 4 is 11.4 Å². The molecule has 0 spiro atoms. The number of nitrogens with zero attached hydrogens (tertiary/aromatic N) is 1. The molecule has 0 aliphatic carbocycles. The highest BCUT2D eigenvalue weighted by molar-refractivity contribution is 5.78. The van der Waals surface area contributed by atoms with Gasteiger partial charge in [-0.05, 0) is 6.07 Å². The Morgan fingerprint density at radius 1 is 1.62 bits per heavy atom. The number of hydrogen-bond acceptors (Lipinski definition) is 4. The number of pyridine rings is 1. The SMILES string of the molecule is CNC1=C(N)c2ccncc2NC1. The summed E-state index contributed by atoms with van der Waals surface area (Å²) < 4.78 is 0. The number of nitrogens with one attached hydrogen (secondary N) is 2. The molecule has 0 radical (unpaired) electrons. The van der Waals surface area contributed by atoms with E-state index in [-0.39, 0.29) is 0 Å². The second-order valence-corrected chi connectivity index (χ2v) is 2.92. The van der Waals surface area contributed by atoms with Gasteiger partial charge in [0.05, 0.1) is 29.8 Å². The van der Waals surface area contributed by atoms with E-state index in [9.17, 15) is 0 Å². The molecule has 4 nitrogen and oxygen atoms in total. The van der Waals surface area contributed by atoms with Crippen LogP contribution in [0.1, 0.15) is 5.56 Å². The lowest BCUT2D eigenvalue weighted by molar-refractivity contribution is 0.937. The Morgan fingerprint density at radius 3 is 3.23 bits per heavy atom. The van der Waals surface area contributed by atoms with E-state index < -0.39 is 0 Å². The molecule has 1 aliphatic heterocycles. The number of fused-ring (bicyclic) bond motifs is 1. The third-order valence-electron chi connectivity index (χ3n) is 2.19. The largest absolute Gasteiger partial charge is 0.397 e. The van der Waals surface area contributed by atoms with E-state index in [0.717, 1.165) is 29.2 Å². The number of rotatable bonds is 1. The van der Waals surface area contributed by atoms with Crippen molar-refractivity contribution in [2.24, 2.45) is 5.73 Å². The van der Waals surface area contributed by atoms with Gasteiger partial charge < -0.3 is 16.4 Å². The summed E-state index contributed by atoms with van der Waals surface area (Å²) in [5.41, 5.74) is 9.80. The van der Waals surface area contributed by atoms with Crippen LogP contribution in [0.3, 0.4) is 0 Å². The lowest BCUT2D eigenvalue weighted by Crippen LogP contribution is -2.25. The van der Waals surface area contributed by atoms with Crippen molar-refractivity contribution in [1.82, 2.24) is 10.3 Å². The average Bonchev–Trinajstić information content (AvgIpc) is 2.19. The highest BCUT2D eigenvalue weighted by Crippen LogP contribution is 2.24. The quantitative estimate of drug-likeness (QED) is 0.578. The van der Waals surface area contributed by atoms with Crippen molar-refractivity contribution in [2.75, 3.05) is 18.9 Å². The molecule has 0 amide bonds. The molecule has 0 atom stereocenters. The van der Waals surface area contributed by atoms with Gasteiger partial charge in [0.15, 0.2) is 0 Å². The van der Waals surface area contributed by atoms with E-state index in [4.69, 9.17) is 5.73 Å².